The van der Waals surface area contributed by atoms with Crippen LogP contribution < -0.4 is 10.6 Å². The molecular formula is C19H13ClN4O3. The number of aromatic nitrogens is 2. The number of carbonyl (C=O) groups excluding carboxylic acids is 2. The molecule has 1 fully saturated rings. The van der Waals surface area contributed by atoms with Crippen molar-refractivity contribution in [2.24, 2.45) is 0 Å². The van der Waals surface area contributed by atoms with Gasteiger partial charge in [-0.2, -0.15) is 0 Å². The van der Waals surface area contributed by atoms with Gasteiger partial charge in [0.25, 0.3) is 5.91 Å². The van der Waals surface area contributed by atoms with Gasteiger partial charge in [0.2, 0.25) is 5.54 Å². The van der Waals surface area contributed by atoms with Gasteiger partial charge in [-0.1, -0.05) is 29.5 Å². The van der Waals surface area contributed by atoms with Crippen molar-refractivity contribution in [2.75, 3.05) is 0 Å². The van der Waals surface area contributed by atoms with Gasteiger partial charge < -0.3 is 15.0 Å². The second-order valence-corrected chi connectivity index (χ2v) is 6.55. The molecular weight excluding hydrogens is 368 g/mol. The van der Waals surface area contributed by atoms with E-state index in [0.717, 1.165) is 5.39 Å². The van der Waals surface area contributed by atoms with Crippen LogP contribution in [0.3, 0.4) is 0 Å². The maximum atomic E-state index is 12.5. The smallest absolute Gasteiger partial charge is 0.323 e. The first-order valence-corrected chi connectivity index (χ1v) is 8.39. The number of halogens is 1. The van der Waals surface area contributed by atoms with Crippen LogP contribution in [0.4, 0.5) is 4.79 Å². The molecule has 3 aromatic rings. The van der Waals surface area contributed by atoms with Gasteiger partial charge in [0.1, 0.15) is 0 Å². The fourth-order valence-electron chi connectivity index (χ4n) is 2.94. The lowest BCUT2D eigenvalue weighted by Crippen LogP contribution is -2.49. The Morgan fingerprint density at radius 2 is 2.15 bits per heavy atom. The Morgan fingerprint density at radius 1 is 1.30 bits per heavy atom. The van der Waals surface area contributed by atoms with Crippen LogP contribution in [0, 0.1) is 11.8 Å². The van der Waals surface area contributed by atoms with Crippen molar-refractivity contribution in [3.63, 3.8) is 0 Å². The largest absolute Gasteiger partial charge is 0.494 e. The van der Waals surface area contributed by atoms with E-state index >= 15 is 0 Å². The van der Waals surface area contributed by atoms with Gasteiger partial charge >= 0.3 is 6.03 Å². The van der Waals surface area contributed by atoms with Crippen LogP contribution in [0.5, 0.6) is 5.88 Å². The Hall–Kier alpha value is -3.50. The van der Waals surface area contributed by atoms with Crippen LogP contribution in [-0.4, -0.2) is 32.1 Å². The Morgan fingerprint density at radius 3 is 2.85 bits per heavy atom. The molecule has 0 saturated carbocycles. The molecule has 1 saturated heterocycles. The third-order valence-electron chi connectivity index (χ3n) is 4.25. The van der Waals surface area contributed by atoms with Crippen LogP contribution in [0.2, 0.25) is 5.02 Å². The number of pyridine rings is 1. The average Bonchev–Trinajstić information content (AvgIpc) is 3.11. The van der Waals surface area contributed by atoms with E-state index in [2.05, 4.69) is 27.5 Å². The molecule has 8 heteroatoms. The highest BCUT2D eigenvalue weighted by Crippen LogP contribution is 2.31. The summed E-state index contributed by atoms with van der Waals surface area (Å²) in [7, 11) is 0. The molecule has 1 atom stereocenters. The molecule has 27 heavy (non-hydrogen) atoms. The van der Waals surface area contributed by atoms with Crippen LogP contribution >= 0.6 is 11.6 Å². The highest BCUT2D eigenvalue weighted by molar-refractivity contribution is 6.31. The minimum atomic E-state index is -1.52. The molecule has 3 N–H and O–H groups in total. The van der Waals surface area contributed by atoms with Crippen LogP contribution in [-0.2, 0) is 11.3 Å². The summed E-state index contributed by atoms with van der Waals surface area (Å²) < 4.78 is 1.46. The van der Waals surface area contributed by atoms with E-state index in [1.165, 1.54) is 4.57 Å². The maximum absolute atomic E-state index is 12.5. The summed E-state index contributed by atoms with van der Waals surface area (Å²) >= 11 is 5.99. The van der Waals surface area contributed by atoms with Gasteiger partial charge in [0.15, 0.2) is 5.88 Å². The number of hydrogen-bond donors (Lipinski definition) is 3. The number of hydrogen-bond acceptors (Lipinski definition) is 4. The third kappa shape index (κ3) is 3.07. The molecule has 1 aliphatic heterocycles. The number of urea groups is 1. The van der Waals surface area contributed by atoms with E-state index in [1.807, 2.05) is 0 Å². The summed E-state index contributed by atoms with van der Waals surface area (Å²) in [6.07, 6.45) is 4.84. The van der Waals surface area contributed by atoms with E-state index in [-0.39, 0.29) is 12.4 Å². The zero-order valence-electron chi connectivity index (χ0n) is 13.9. The molecule has 0 aliphatic carbocycles. The van der Waals surface area contributed by atoms with Crippen molar-refractivity contribution in [3.8, 4) is 17.7 Å². The highest BCUT2D eigenvalue weighted by Gasteiger charge is 2.46. The molecule has 1 aliphatic rings. The van der Waals surface area contributed by atoms with Gasteiger partial charge in [-0.3, -0.25) is 15.1 Å². The van der Waals surface area contributed by atoms with Gasteiger partial charge in [0.05, 0.1) is 6.54 Å². The van der Waals surface area contributed by atoms with E-state index in [1.54, 1.807) is 48.9 Å². The number of nitrogens with one attached hydrogen (secondary N) is 2. The van der Waals surface area contributed by atoms with Gasteiger partial charge in [-0.15, -0.1) is 0 Å². The number of nitrogens with zero attached hydrogens (tertiary/aromatic N) is 2. The average molecular weight is 381 g/mol. The highest BCUT2D eigenvalue weighted by atomic mass is 35.5. The first-order chi connectivity index (χ1) is 13.0. The van der Waals surface area contributed by atoms with Crippen LogP contribution in [0.1, 0.15) is 5.56 Å². The summed E-state index contributed by atoms with van der Waals surface area (Å²) in [6, 6.07) is 7.92. The fraction of sp³-hybridized carbons (Fsp3) is 0.105. The molecule has 3 amide bonds. The molecule has 4 rings (SSSR count). The lowest BCUT2D eigenvalue weighted by Gasteiger charge is -2.20. The summed E-state index contributed by atoms with van der Waals surface area (Å²) in [4.78, 5) is 28.2. The number of amides is 3. The van der Waals surface area contributed by atoms with Crippen molar-refractivity contribution in [3.05, 3.63) is 59.5 Å². The first kappa shape index (κ1) is 16.9. The standard InChI is InChI=1S/C19H13ClN4O3/c20-14-4-3-13-10-24(16(25)15(13)8-14)11-19(17(26)22-18(27)23-19)6-5-12-2-1-7-21-9-12/h1-4,7-10,25H,11H2,(H2,22,23,26,27)/t19-/m1/s1. The quantitative estimate of drug-likeness (QED) is 0.468. The predicted molar refractivity (Wildman–Crippen MR) is 99.1 cm³/mol. The lowest BCUT2D eigenvalue weighted by atomic mass is 10.00. The molecule has 1 aromatic carbocycles. The topological polar surface area (TPSA) is 96.2 Å². The molecule has 0 unspecified atom stereocenters. The van der Waals surface area contributed by atoms with Crippen molar-refractivity contribution in [1.82, 2.24) is 20.2 Å². The zero-order chi connectivity index (χ0) is 19.0. The number of rotatable bonds is 2. The van der Waals surface area contributed by atoms with E-state index < -0.39 is 17.5 Å². The SMILES string of the molecule is O=C1NC(=O)[C@@](C#Cc2cccnc2)(Cn2cc3ccc(Cl)cc3c2O)N1. The Labute approximate surface area is 159 Å². The Bertz CT molecular complexity index is 1130. The monoisotopic (exact) mass is 380 g/mol. The van der Waals surface area contributed by atoms with Crippen LogP contribution in [0.25, 0.3) is 10.8 Å². The Kier molecular flexibility index (Phi) is 3.98. The second-order valence-electron chi connectivity index (χ2n) is 6.12. The molecule has 0 spiro atoms. The number of aromatic hydroxyl groups is 1. The molecule has 0 radical (unpaired) electrons. The van der Waals surface area contributed by atoms with Crippen LogP contribution in [0.15, 0.2) is 48.9 Å². The van der Waals surface area contributed by atoms with Gasteiger partial charge in [-0.05, 0) is 24.3 Å². The molecule has 7 nitrogen and oxygen atoms in total. The molecule has 134 valence electrons. The van der Waals surface area contributed by atoms with Gasteiger partial charge in [-0.25, -0.2) is 4.79 Å². The van der Waals surface area contributed by atoms with E-state index in [0.29, 0.717) is 16.0 Å². The molecule has 0 bridgehead atoms. The van der Waals surface area contributed by atoms with Crippen molar-refractivity contribution in [2.45, 2.75) is 12.1 Å². The summed E-state index contributed by atoms with van der Waals surface area (Å²) in [5.74, 6) is 5.04. The lowest BCUT2D eigenvalue weighted by molar-refractivity contribution is -0.122. The minimum Gasteiger partial charge on any atom is -0.494 e. The maximum Gasteiger partial charge on any atom is 0.323 e. The second kappa shape index (κ2) is 6.34. The minimum absolute atomic E-state index is 0.0657. The van der Waals surface area contributed by atoms with Gasteiger partial charge in [0, 0.05) is 39.9 Å². The van der Waals surface area contributed by atoms with Crippen molar-refractivity contribution in [1.29, 1.82) is 0 Å². The molecule has 3 heterocycles. The predicted octanol–water partition coefficient (Wildman–Crippen LogP) is 2.03. The Balaban J connectivity index is 1.77. The summed E-state index contributed by atoms with van der Waals surface area (Å²) in [5.41, 5.74) is -0.928. The molecule has 2 aromatic heterocycles. The fourth-order valence-corrected chi connectivity index (χ4v) is 3.11. The van der Waals surface area contributed by atoms with E-state index in [9.17, 15) is 14.7 Å². The number of imide groups is 1. The zero-order valence-corrected chi connectivity index (χ0v) is 14.6. The number of benzene rings is 1. The van der Waals surface area contributed by atoms with Crippen molar-refractivity contribution < 1.29 is 14.7 Å². The first-order valence-electron chi connectivity index (χ1n) is 8.01. The number of fused-ring (bicyclic) bond motifs is 1. The van der Waals surface area contributed by atoms with E-state index in [4.69, 9.17) is 11.6 Å². The summed E-state index contributed by atoms with van der Waals surface area (Å²) in [6.45, 7) is -0.0734. The number of carbonyl (C=O) groups is 2. The van der Waals surface area contributed by atoms with Crippen molar-refractivity contribution >= 4 is 34.3 Å². The summed E-state index contributed by atoms with van der Waals surface area (Å²) in [5, 5.41) is 17.1. The third-order valence-corrected chi connectivity index (χ3v) is 4.49. The normalized spacial score (nSPS) is 18.7.